The molecule has 7 nitrogen and oxygen atoms in total. The second-order valence-electron chi connectivity index (χ2n) is 7.26. The van der Waals surface area contributed by atoms with Crippen molar-refractivity contribution in [1.82, 2.24) is 4.31 Å². The van der Waals surface area contributed by atoms with Crippen molar-refractivity contribution in [2.24, 2.45) is 5.41 Å². The van der Waals surface area contributed by atoms with E-state index in [0.29, 0.717) is 12.2 Å². The fraction of sp³-hybridized carbons (Fsp3) is 0.412. The quantitative estimate of drug-likeness (QED) is 0.757. The molecule has 2 N–H and O–H groups in total. The first-order chi connectivity index (χ1) is 11.4. The monoisotopic (exact) mass is 365 g/mol. The minimum Gasteiger partial charge on any atom is -0.379 e. The number of hydrogen-bond acceptors (Lipinski definition) is 6. The van der Waals surface area contributed by atoms with Gasteiger partial charge in [-0.2, -0.15) is 0 Å². The summed E-state index contributed by atoms with van der Waals surface area (Å²) in [6, 6.07) is 6.12. The number of hydrogen-bond donors (Lipinski definition) is 2. The van der Waals surface area contributed by atoms with Crippen molar-refractivity contribution < 1.29 is 8.42 Å². The molecule has 0 amide bonds. The van der Waals surface area contributed by atoms with E-state index in [4.69, 9.17) is 0 Å². The van der Waals surface area contributed by atoms with E-state index in [1.165, 1.54) is 26.2 Å². The number of nitrogens with zero attached hydrogens (tertiary/aromatic N) is 1. The van der Waals surface area contributed by atoms with Crippen molar-refractivity contribution in [3.05, 3.63) is 44.7 Å². The third-order valence-electron chi connectivity index (χ3n) is 3.59. The molecular weight excluding hydrogens is 342 g/mol. The molecule has 0 saturated heterocycles. The first-order valence-corrected chi connectivity index (χ1v) is 9.24. The standard InChI is InChI=1S/C17H23N3O4S/c1-17(2,3)10-18-13-14(16(22)15(13)21)19-11-7-6-8-12(9-11)25(23,24)20(4)5/h6-9,18-19H,10H2,1-5H3. The van der Waals surface area contributed by atoms with Crippen LogP contribution in [-0.4, -0.2) is 33.4 Å². The molecular formula is C17H23N3O4S. The number of benzene rings is 1. The van der Waals surface area contributed by atoms with Gasteiger partial charge in [0.1, 0.15) is 11.4 Å². The van der Waals surface area contributed by atoms with Gasteiger partial charge in [0.2, 0.25) is 10.0 Å². The van der Waals surface area contributed by atoms with Crippen molar-refractivity contribution >= 4 is 27.1 Å². The van der Waals surface area contributed by atoms with Gasteiger partial charge in [-0.1, -0.05) is 26.8 Å². The van der Waals surface area contributed by atoms with Gasteiger partial charge in [-0.25, -0.2) is 12.7 Å². The Labute approximate surface area is 147 Å². The van der Waals surface area contributed by atoms with Crippen LogP contribution in [0.4, 0.5) is 17.1 Å². The smallest absolute Gasteiger partial charge is 0.253 e. The topological polar surface area (TPSA) is 95.6 Å². The molecule has 0 aliphatic rings. The maximum atomic E-state index is 12.2. The Hall–Kier alpha value is -2.19. The second kappa shape index (κ2) is 6.61. The van der Waals surface area contributed by atoms with Crippen LogP contribution in [0.3, 0.4) is 0 Å². The first kappa shape index (κ1) is 19.1. The summed E-state index contributed by atoms with van der Waals surface area (Å²) in [7, 11) is -0.691. The number of rotatable bonds is 6. The molecule has 0 saturated carbocycles. The van der Waals surface area contributed by atoms with E-state index >= 15 is 0 Å². The molecule has 0 aromatic heterocycles. The van der Waals surface area contributed by atoms with E-state index in [-0.39, 0.29) is 21.7 Å². The van der Waals surface area contributed by atoms with Gasteiger partial charge >= 0.3 is 0 Å². The molecule has 0 aliphatic heterocycles. The zero-order chi connectivity index (χ0) is 19.0. The minimum absolute atomic E-state index is 0.0588. The average molecular weight is 365 g/mol. The van der Waals surface area contributed by atoms with Gasteiger partial charge in [-0.15, -0.1) is 0 Å². The molecule has 0 bridgehead atoms. The highest BCUT2D eigenvalue weighted by molar-refractivity contribution is 7.89. The molecule has 0 spiro atoms. The Kier molecular flexibility index (Phi) is 5.06. The summed E-state index contributed by atoms with van der Waals surface area (Å²) in [6.07, 6.45) is 0. The summed E-state index contributed by atoms with van der Waals surface area (Å²) >= 11 is 0. The Balaban J connectivity index is 2.29. The molecule has 136 valence electrons. The highest BCUT2D eigenvalue weighted by atomic mass is 32.2. The van der Waals surface area contributed by atoms with Gasteiger partial charge in [0.05, 0.1) is 4.90 Å². The summed E-state index contributed by atoms with van der Waals surface area (Å²) in [5.74, 6) is 0. The maximum Gasteiger partial charge on any atom is 0.253 e. The molecule has 8 heteroatoms. The second-order valence-corrected chi connectivity index (χ2v) is 9.41. The Morgan fingerprint density at radius 2 is 1.64 bits per heavy atom. The predicted octanol–water partition coefficient (Wildman–Crippen LogP) is 1.73. The third kappa shape index (κ3) is 4.08. The summed E-state index contributed by atoms with van der Waals surface area (Å²) < 4.78 is 25.5. The Morgan fingerprint density at radius 1 is 1.04 bits per heavy atom. The van der Waals surface area contributed by atoms with Crippen molar-refractivity contribution in [3.63, 3.8) is 0 Å². The van der Waals surface area contributed by atoms with Crippen LogP contribution in [0, 0.1) is 5.41 Å². The lowest BCUT2D eigenvalue weighted by atomic mass is 9.96. The van der Waals surface area contributed by atoms with Gasteiger partial charge in [0.15, 0.2) is 0 Å². The van der Waals surface area contributed by atoms with Crippen molar-refractivity contribution in [3.8, 4) is 0 Å². The Morgan fingerprint density at radius 3 is 2.20 bits per heavy atom. The van der Waals surface area contributed by atoms with E-state index in [2.05, 4.69) is 10.6 Å². The molecule has 0 unspecified atom stereocenters. The normalized spacial score (nSPS) is 12.6. The van der Waals surface area contributed by atoms with Crippen LogP contribution in [0.2, 0.25) is 0 Å². The van der Waals surface area contributed by atoms with Gasteiger partial charge in [-0.3, -0.25) is 9.59 Å². The molecule has 0 heterocycles. The highest BCUT2D eigenvalue weighted by Crippen LogP contribution is 2.25. The van der Waals surface area contributed by atoms with E-state index in [0.717, 1.165) is 4.31 Å². The molecule has 0 aliphatic carbocycles. The van der Waals surface area contributed by atoms with Crippen LogP contribution < -0.4 is 21.5 Å². The van der Waals surface area contributed by atoms with E-state index < -0.39 is 20.9 Å². The van der Waals surface area contributed by atoms with Crippen molar-refractivity contribution in [2.75, 3.05) is 31.3 Å². The van der Waals surface area contributed by atoms with Crippen LogP contribution in [0.1, 0.15) is 20.8 Å². The van der Waals surface area contributed by atoms with E-state index in [1.807, 2.05) is 20.8 Å². The van der Waals surface area contributed by atoms with Gasteiger partial charge in [0, 0.05) is 26.3 Å². The van der Waals surface area contributed by atoms with E-state index in [1.54, 1.807) is 12.1 Å². The van der Waals surface area contributed by atoms with Crippen LogP contribution in [0.25, 0.3) is 0 Å². The lowest BCUT2D eigenvalue weighted by molar-refractivity contribution is 0.443. The lowest BCUT2D eigenvalue weighted by Crippen LogP contribution is -2.38. The number of anilines is 3. The molecule has 0 fully saturated rings. The zero-order valence-corrected chi connectivity index (χ0v) is 15.8. The first-order valence-electron chi connectivity index (χ1n) is 7.80. The lowest BCUT2D eigenvalue weighted by Gasteiger charge is -2.22. The van der Waals surface area contributed by atoms with Crippen LogP contribution in [0.15, 0.2) is 38.8 Å². The SMILES string of the molecule is CN(C)S(=O)(=O)c1cccc(Nc2c(NCC(C)(C)C)c(=O)c2=O)c1. The molecule has 2 rings (SSSR count). The average Bonchev–Trinajstić information content (AvgIpc) is 2.52. The predicted molar refractivity (Wildman–Crippen MR) is 99.9 cm³/mol. The minimum atomic E-state index is -3.58. The molecule has 0 radical (unpaired) electrons. The van der Waals surface area contributed by atoms with Crippen molar-refractivity contribution in [1.29, 1.82) is 0 Å². The van der Waals surface area contributed by atoms with Crippen molar-refractivity contribution in [2.45, 2.75) is 25.7 Å². The highest BCUT2D eigenvalue weighted by Gasteiger charge is 2.23. The largest absolute Gasteiger partial charge is 0.379 e. The third-order valence-corrected chi connectivity index (χ3v) is 5.40. The molecule has 25 heavy (non-hydrogen) atoms. The summed E-state index contributed by atoms with van der Waals surface area (Å²) in [6.45, 7) is 6.55. The maximum absolute atomic E-state index is 12.2. The van der Waals surface area contributed by atoms with Gasteiger partial charge in [-0.05, 0) is 23.6 Å². The Bertz CT molecular complexity index is 949. The molecule has 2 aromatic carbocycles. The number of sulfonamides is 1. The zero-order valence-electron chi connectivity index (χ0n) is 15.0. The van der Waals surface area contributed by atoms with Crippen LogP contribution >= 0.6 is 0 Å². The van der Waals surface area contributed by atoms with Gasteiger partial charge in [0.25, 0.3) is 10.9 Å². The number of nitrogens with one attached hydrogen (secondary N) is 2. The molecule has 0 atom stereocenters. The summed E-state index contributed by atoms with van der Waals surface area (Å²) in [4.78, 5) is 23.7. The molecule has 2 aromatic rings. The van der Waals surface area contributed by atoms with E-state index in [9.17, 15) is 18.0 Å². The summed E-state index contributed by atoms with van der Waals surface area (Å²) in [5.41, 5.74) is -0.416. The fourth-order valence-electron chi connectivity index (χ4n) is 2.12. The summed E-state index contributed by atoms with van der Waals surface area (Å²) in [5, 5.41) is 5.85. The van der Waals surface area contributed by atoms with Gasteiger partial charge < -0.3 is 10.6 Å². The van der Waals surface area contributed by atoms with Crippen LogP contribution in [-0.2, 0) is 10.0 Å². The van der Waals surface area contributed by atoms with Crippen LogP contribution in [0.5, 0.6) is 0 Å². The fourth-order valence-corrected chi connectivity index (χ4v) is 3.07.